The number of hydrogen-bond acceptors (Lipinski definition) is 6. The summed E-state index contributed by atoms with van der Waals surface area (Å²) in [5, 5.41) is 5.71. The summed E-state index contributed by atoms with van der Waals surface area (Å²) in [6.07, 6.45) is -0.547. The summed E-state index contributed by atoms with van der Waals surface area (Å²) in [4.78, 5) is 16.1. The Hall–Kier alpha value is -3.06. The van der Waals surface area contributed by atoms with Crippen LogP contribution in [0.15, 0.2) is 41.8 Å². The molecular formula is C21H22N2O4S. The van der Waals surface area contributed by atoms with E-state index in [2.05, 4.69) is 21.1 Å². The number of amides is 1. The maximum atomic E-state index is 11.6. The van der Waals surface area contributed by atoms with Gasteiger partial charge < -0.3 is 14.2 Å². The van der Waals surface area contributed by atoms with Crippen molar-refractivity contribution in [3.63, 3.8) is 0 Å². The Kier molecular flexibility index (Phi) is 6.16. The first kappa shape index (κ1) is 19.7. The van der Waals surface area contributed by atoms with Crippen molar-refractivity contribution < 1.29 is 19.0 Å². The van der Waals surface area contributed by atoms with Crippen LogP contribution in [-0.2, 0) is 11.3 Å². The monoisotopic (exact) mass is 398 g/mol. The molecule has 0 saturated heterocycles. The van der Waals surface area contributed by atoms with Gasteiger partial charge in [-0.15, -0.1) is 11.3 Å². The summed E-state index contributed by atoms with van der Waals surface area (Å²) < 4.78 is 16.1. The first-order chi connectivity index (χ1) is 13.5. The summed E-state index contributed by atoms with van der Waals surface area (Å²) in [6.45, 7) is 4.21. The van der Waals surface area contributed by atoms with Gasteiger partial charge in [-0.25, -0.2) is 9.78 Å². The molecule has 0 spiro atoms. The highest BCUT2D eigenvalue weighted by molar-refractivity contribution is 7.13. The van der Waals surface area contributed by atoms with Crippen LogP contribution in [0.1, 0.15) is 16.8 Å². The normalized spacial score (nSPS) is 10.4. The van der Waals surface area contributed by atoms with Crippen molar-refractivity contribution in [1.29, 1.82) is 0 Å². The molecule has 0 aliphatic heterocycles. The second-order valence-corrected chi connectivity index (χ2v) is 7.02. The minimum atomic E-state index is -0.547. The molecule has 6 nitrogen and oxygen atoms in total. The molecule has 146 valence electrons. The zero-order valence-corrected chi connectivity index (χ0v) is 17.1. The molecular weight excluding hydrogens is 376 g/mol. The van der Waals surface area contributed by atoms with Gasteiger partial charge in [0.05, 0.1) is 25.5 Å². The molecule has 1 amide bonds. The smallest absolute Gasteiger partial charge is 0.411 e. The van der Waals surface area contributed by atoms with Crippen molar-refractivity contribution in [3.05, 3.63) is 58.6 Å². The maximum Gasteiger partial charge on any atom is 0.411 e. The molecule has 0 unspecified atom stereocenters. The number of hydrogen-bond donors (Lipinski definition) is 1. The molecule has 2 aromatic carbocycles. The average Bonchev–Trinajstić information content (AvgIpc) is 3.13. The van der Waals surface area contributed by atoms with Crippen LogP contribution in [-0.4, -0.2) is 25.3 Å². The second kappa shape index (κ2) is 8.75. The van der Waals surface area contributed by atoms with E-state index >= 15 is 0 Å². The molecule has 1 heterocycles. The third kappa shape index (κ3) is 4.43. The van der Waals surface area contributed by atoms with Crippen molar-refractivity contribution in [2.45, 2.75) is 20.5 Å². The number of thiazole rings is 1. The van der Waals surface area contributed by atoms with E-state index in [1.54, 1.807) is 30.6 Å². The first-order valence-corrected chi connectivity index (χ1v) is 9.56. The third-order valence-corrected chi connectivity index (χ3v) is 5.20. The van der Waals surface area contributed by atoms with Crippen molar-refractivity contribution in [3.8, 4) is 22.1 Å². The van der Waals surface area contributed by atoms with Crippen LogP contribution >= 0.6 is 11.3 Å². The fraction of sp³-hybridized carbons (Fsp3) is 0.238. The van der Waals surface area contributed by atoms with E-state index in [9.17, 15) is 4.79 Å². The Morgan fingerprint density at radius 3 is 2.61 bits per heavy atom. The topological polar surface area (TPSA) is 69.7 Å². The summed E-state index contributed by atoms with van der Waals surface area (Å²) in [5.74, 6) is 1.38. The standard InChI is InChI=1S/C21H22N2O4S/c1-13-10-15(20-22-14(2)12-28-20)8-9-18(13)27-11-16-17(23-21(24)26-4)6-5-7-19(16)25-3/h5-10,12H,11H2,1-4H3,(H,23,24). The molecule has 0 fully saturated rings. The van der Waals surface area contributed by atoms with Crippen LogP contribution in [0, 0.1) is 13.8 Å². The average molecular weight is 398 g/mol. The molecule has 0 bridgehead atoms. The van der Waals surface area contributed by atoms with E-state index in [1.165, 1.54) is 7.11 Å². The zero-order chi connectivity index (χ0) is 20.1. The van der Waals surface area contributed by atoms with Crippen LogP contribution in [0.2, 0.25) is 0 Å². The van der Waals surface area contributed by atoms with Gasteiger partial charge in [0, 0.05) is 16.6 Å². The van der Waals surface area contributed by atoms with E-state index < -0.39 is 6.09 Å². The molecule has 3 aromatic rings. The summed E-state index contributed by atoms with van der Waals surface area (Å²) in [7, 11) is 2.90. The number of rotatable bonds is 6. The lowest BCUT2D eigenvalue weighted by molar-refractivity contribution is 0.187. The number of carbonyl (C=O) groups excluding carboxylic acids is 1. The molecule has 0 atom stereocenters. The van der Waals surface area contributed by atoms with Crippen LogP contribution < -0.4 is 14.8 Å². The molecule has 28 heavy (non-hydrogen) atoms. The molecule has 0 aliphatic rings. The molecule has 7 heteroatoms. The zero-order valence-electron chi connectivity index (χ0n) is 16.2. The summed E-state index contributed by atoms with van der Waals surface area (Å²) >= 11 is 1.62. The largest absolute Gasteiger partial charge is 0.496 e. The van der Waals surface area contributed by atoms with E-state index in [0.717, 1.165) is 33.1 Å². The van der Waals surface area contributed by atoms with Gasteiger partial charge in [-0.1, -0.05) is 6.07 Å². The molecule has 3 rings (SSSR count). The van der Waals surface area contributed by atoms with Crippen LogP contribution in [0.25, 0.3) is 10.6 Å². The Morgan fingerprint density at radius 1 is 1.14 bits per heavy atom. The van der Waals surface area contributed by atoms with Gasteiger partial charge in [0.1, 0.15) is 23.1 Å². The highest BCUT2D eigenvalue weighted by atomic mass is 32.1. The number of aromatic nitrogens is 1. The van der Waals surface area contributed by atoms with Gasteiger partial charge in [0.15, 0.2) is 0 Å². The summed E-state index contributed by atoms with van der Waals surface area (Å²) in [5.41, 5.74) is 4.39. The lowest BCUT2D eigenvalue weighted by Gasteiger charge is -2.16. The number of nitrogens with zero attached hydrogens (tertiary/aromatic N) is 1. The lowest BCUT2D eigenvalue weighted by atomic mass is 10.1. The van der Waals surface area contributed by atoms with E-state index in [0.29, 0.717) is 11.4 Å². The third-order valence-electron chi connectivity index (χ3n) is 4.19. The Balaban J connectivity index is 1.81. The van der Waals surface area contributed by atoms with Gasteiger partial charge in [-0.05, 0) is 49.7 Å². The number of carbonyl (C=O) groups is 1. The fourth-order valence-corrected chi connectivity index (χ4v) is 3.56. The van der Waals surface area contributed by atoms with E-state index in [1.807, 2.05) is 37.4 Å². The molecule has 0 radical (unpaired) electrons. The summed E-state index contributed by atoms with van der Waals surface area (Å²) in [6, 6.07) is 11.4. The van der Waals surface area contributed by atoms with Gasteiger partial charge in [-0.2, -0.15) is 0 Å². The molecule has 0 saturated carbocycles. The van der Waals surface area contributed by atoms with Crippen molar-refractivity contribution in [1.82, 2.24) is 4.98 Å². The fourth-order valence-electron chi connectivity index (χ4n) is 2.76. The highest BCUT2D eigenvalue weighted by Gasteiger charge is 2.14. The predicted molar refractivity (Wildman–Crippen MR) is 110 cm³/mol. The van der Waals surface area contributed by atoms with Gasteiger partial charge >= 0.3 is 6.09 Å². The molecule has 1 aromatic heterocycles. The minimum Gasteiger partial charge on any atom is -0.496 e. The van der Waals surface area contributed by atoms with Gasteiger partial charge in [0.2, 0.25) is 0 Å². The minimum absolute atomic E-state index is 0.236. The van der Waals surface area contributed by atoms with Crippen LogP contribution in [0.5, 0.6) is 11.5 Å². The number of aryl methyl sites for hydroxylation is 2. The maximum absolute atomic E-state index is 11.6. The van der Waals surface area contributed by atoms with Crippen molar-refractivity contribution in [2.75, 3.05) is 19.5 Å². The highest BCUT2D eigenvalue weighted by Crippen LogP contribution is 2.31. The molecule has 1 N–H and O–H groups in total. The Labute approximate surface area is 168 Å². The first-order valence-electron chi connectivity index (χ1n) is 8.68. The number of methoxy groups -OCH3 is 2. The van der Waals surface area contributed by atoms with Crippen molar-refractivity contribution >= 4 is 23.1 Å². The number of anilines is 1. The molecule has 0 aliphatic carbocycles. The Bertz CT molecular complexity index is 984. The van der Waals surface area contributed by atoms with Gasteiger partial charge in [-0.3, -0.25) is 5.32 Å². The van der Waals surface area contributed by atoms with Crippen molar-refractivity contribution in [2.24, 2.45) is 0 Å². The second-order valence-electron chi connectivity index (χ2n) is 6.17. The number of benzene rings is 2. The van der Waals surface area contributed by atoms with E-state index in [-0.39, 0.29) is 6.61 Å². The number of ether oxygens (including phenoxy) is 3. The SMILES string of the molecule is COC(=O)Nc1cccc(OC)c1COc1ccc(-c2nc(C)cs2)cc1C. The number of nitrogens with one attached hydrogen (secondary N) is 1. The predicted octanol–water partition coefficient (Wildman–Crippen LogP) is 5.19. The quantitative estimate of drug-likeness (QED) is 0.618. The Morgan fingerprint density at radius 2 is 1.96 bits per heavy atom. The lowest BCUT2D eigenvalue weighted by Crippen LogP contribution is -2.14. The van der Waals surface area contributed by atoms with Crippen LogP contribution in [0.4, 0.5) is 10.5 Å². The van der Waals surface area contributed by atoms with Crippen LogP contribution in [0.3, 0.4) is 0 Å². The van der Waals surface area contributed by atoms with E-state index in [4.69, 9.17) is 9.47 Å². The van der Waals surface area contributed by atoms with Gasteiger partial charge in [0.25, 0.3) is 0 Å².